The van der Waals surface area contributed by atoms with Crippen LogP contribution in [0.2, 0.25) is 5.02 Å². The van der Waals surface area contributed by atoms with Gasteiger partial charge in [-0.05, 0) is 43.4 Å². The average Bonchev–Trinajstić information content (AvgIpc) is 3.16. The number of benzene rings is 1. The van der Waals surface area contributed by atoms with Crippen molar-refractivity contribution in [3.8, 4) is 0 Å². The molecule has 1 aliphatic heterocycles. The maximum Gasteiger partial charge on any atom is 0.308 e. The minimum Gasteiger partial charge on any atom is -0.481 e. The van der Waals surface area contributed by atoms with Gasteiger partial charge < -0.3 is 10.0 Å². The van der Waals surface area contributed by atoms with E-state index in [9.17, 15) is 9.59 Å². The van der Waals surface area contributed by atoms with Gasteiger partial charge in [0.25, 0.3) is 0 Å². The Labute approximate surface area is 141 Å². The summed E-state index contributed by atoms with van der Waals surface area (Å²) < 4.78 is 0. The minimum absolute atomic E-state index is 0.138. The fourth-order valence-corrected chi connectivity index (χ4v) is 4.25. The first-order valence-electron chi connectivity index (χ1n) is 8.27. The number of carboxylic acid groups (broad SMARTS) is 1. The Kier molecular flexibility index (Phi) is 4.62. The summed E-state index contributed by atoms with van der Waals surface area (Å²) in [5.41, 5.74) is 0.708. The number of hydrogen-bond acceptors (Lipinski definition) is 2. The van der Waals surface area contributed by atoms with Crippen molar-refractivity contribution in [2.24, 2.45) is 11.3 Å². The van der Waals surface area contributed by atoms with Crippen LogP contribution in [0.1, 0.15) is 37.7 Å². The SMILES string of the molecule is O=C(O)C1CCN(C(=O)C2(Cc3cccc(Cl)c3)CCCC2)C1. The molecule has 1 aromatic rings. The van der Waals surface area contributed by atoms with Crippen molar-refractivity contribution in [1.29, 1.82) is 0 Å². The van der Waals surface area contributed by atoms with E-state index in [1.54, 1.807) is 4.90 Å². The summed E-state index contributed by atoms with van der Waals surface area (Å²) in [5, 5.41) is 9.85. The number of likely N-dealkylation sites (tertiary alicyclic amines) is 1. The van der Waals surface area contributed by atoms with Gasteiger partial charge in [0.1, 0.15) is 0 Å². The van der Waals surface area contributed by atoms with Gasteiger partial charge in [-0.2, -0.15) is 0 Å². The maximum atomic E-state index is 13.1. The largest absolute Gasteiger partial charge is 0.481 e. The van der Waals surface area contributed by atoms with E-state index in [4.69, 9.17) is 16.7 Å². The molecular formula is C18H22ClNO3. The maximum absolute atomic E-state index is 13.1. The van der Waals surface area contributed by atoms with Crippen LogP contribution >= 0.6 is 11.6 Å². The van der Waals surface area contributed by atoms with Gasteiger partial charge in [0.05, 0.1) is 11.3 Å². The molecule has 1 N–H and O–H groups in total. The van der Waals surface area contributed by atoms with Crippen LogP contribution in [0.5, 0.6) is 0 Å². The van der Waals surface area contributed by atoms with E-state index >= 15 is 0 Å². The second kappa shape index (κ2) is 6.52. The monoisotopic (exact) mass is 335 g/mol. The predicted molar refractivity (Wildman–Crippen MR) is 88.4 cm³/mol. The lowest BCUT2D eigenvalue weighted by Gasteiger charge is -2.32. The normalized spacial score (nSPS) is 23.2. The molecule has 2 aliphatic rings. The van der Waals surface area contributed by atoms with Crippen LogP contribution in [-0.2, 0) is 16.0 Å². The molecule has 1 saturated carbocycles. The zero-order chi connectivity index (χ0) is 16.4. The highest BCUT2D eigenvalue weighted by Crippen LogP contribution is 2.43. The molecule has 2 fully saturated rings. The van der Waals surface area contributed by atoms with Gasteiger partial charge in [0, 0.05) is 18.1 Å². The van der Waals surface area contributed by atoms with Gasteiger partial charge in [0.2, 0.25) is 5.91 Å². The summed E-state index contributed by atoms with van der Waals surface area (Å²) in [6, 6.07) is 7.70. The molecule has 1 atom stereocenters. The van der Waals surface area contributed by atoms with Gasteiger partial charge in [-0.15, -0.1) is 0 Å². The van der Waals surface area contributed by atoms with Crippen LogP contribution in [0.4, 0.5) is 0 Å². The highest BCUT2D eigenvalue weighted by Gasteiger charge is 2.45. The number of carboxylic acids is 1. The summed E-state index contributed by atoms with van der Waals surface area (Å²) in [6.07, 6.45) is 5.14. The molecule has 1 heterocycles. The molecule has 23 heavy (non-hydrogen) atoms. The van der Waals surface area contributed by atoms with Crippen LogP contribution in [0.3, 0.4) is 0 Å². The molecule has 1 saturated heterocycles. The van der Waals surface area contributed by atoms with Crippen molar-refractivity contribution in [3.05, 3.63) is 34.9 Å². The van der Waals surface area contributed by atoms with Gasteiger partial charge in [0.15, 0.2) is 0 Å². The van der Waals surface area contributed by atoms with E-state index in [2.05, 4.69) is 0 Å². The van der Waals surface area contributed by atoms with E-state index in [-0.39, 0.29) is 11.3 Å². The summed E-state index contributed by atoms with van der Waals surface area (Å²) in [7, 11) is 0. The zero-order valence-electron chi connectivity index (χ0n) is 13.1. The Morgan fingerprint density at radius 2 is 2.04 bits per heavy atom. The van der Waals surface area contributed by atoms with Crippen molar-refractivity contribution < 1.29 is 14.7 Å². The third-order valence-corrected chi connectivity index (χ3v) is 5.51. The number of aliphatic carboxylic acids is 1. The number of carbonyl (C=O) groups excluding carboxylic acids is 1. The van der Waals surface area contributed by atoms with E-state index in [0.717, 1.165) is 31.2 Å². The molecule has 4 nitrogen and oxygen atoms in total. The lowest BCUT2D eigenvalue weighted by molar-refractivity contribution is -0.143. The second-order valence-corrected chi connectivity index (χ2v) is 7.31. The van der Waals surface area contributed by atoms with E-state index in [1.165, 1.54) is 0 Å². The summed E-state index contributed by atoms with van der Waals surface area (Å²) in [6.45, 7) is 0.915. The molecule has 0 spiro atoms. The second-order valence-electron chi connectivity index (χ2n) is 6.87. The minimum atomic E-state index is -0.796. The van der Waals surface area contributed by atoms with Crippen LogP contribution in [0.15, 0.2) is 24.3 Å². The lowest BCUT2D eigenvalue weighted by atomic mass is 9.78. The van der Waals surface area contributed by atoms with Crippen LogP contribution in [0.25, 0.3) is 0 Å². The molecule has 124 valence electrons. The Morgan fingerprint density at radius 1 is 1.30 bits per heavy atom. The number of amides is 1. The van der Waals surface area contributed by atoms with Crippen molar-refractivity contribution in [3.63, 3.8) is 0 Å². The van der Waals surface area contributed by atoms with Crippen molar-refractivity contribution in [2.75, 3.05) is 13.1 Å². The Morgan fingerprint density at radius 3 is 2.65 bits per heavy atom. The Bertz CT molecular complexity index is 610. The van der Waals surface area contributed by atoms with Gasteiger partial charge in [-0.3, -0.25) is 9.59 Å². The highest BCUT2D eigenvalue weighted by atomic mass is 35.5. The molecule has 0 aromatic heterocycles. The summed E-state index contributed by atoms with van der Waals surface area (Å²) in [4.78, 5) is 26.0. The third kappa shape index (κ3) is 3.37. The standard InChI is InChI=1S/C18H22ClNO3/c19-15-5-3-4-13(10-15)11-18(7-1-2-8-18)17(23)20-9-6-14(12-20)16(21)22/h3-5,10,14H,1-2,6-9,11-12H2,(H,21,22). The van der Waals surface area contributed by atoms with Crippen LogP contribution in [-0.4, -0.2) is 35.0 Å². The number of carbonyl (C=O) groups is 2. The molecule has 1 unspecified atom stereocenters. The van der Waals surface area contributed by atoms with Gasteiger partial charge in [-0.25, -0.2) is 0 Å². The van der Waals surface area contributed by atoms with Crippen molar-refractivity contribution in [2.45, 2.75) is 38.5 Å². The van der Waals surface area contributed by atoms with E-state index in [1.807, 2.05) is 24.3 Å². The molecule has 5 heteroatoms. The molecule has 1 aromatic carbocycles. The number of halogens is 1. The molecule has 3 rings (SSSR count). The smallest absolute Gasteiger partial charge is 0.308 e. The molecular weight excluding hydrogens is 314 g/mol. The summed E-state index contributed by atoms with van der Waals surface area (Å²) in [5.74, 6) is -1.07. The fraction of sp³-hybridized carbons (Fsp3) is 0.556. The third-order valence-electron chi connectivity index (χ3n) is 5.27. The van der Waals surface area contributed by atoms with Crippen molar-refractivity contribution in [1.82, 2.24) is 4.90 Å². The van der Waals surface area contributed by atoms with Crippen LogP contribution < -0.4 is 0 Å². The van der Waals surface area contributed by atoms with E-state index in [0.29, 0.717) is 31.0 Å². The topological polar surface area (TPSA) is 57.6 Å². The quantitative estimate of drug-likeness (QED) is 0.917. The summed E-state index contributed by atoms with van der Waals surface area (Å²) >= 11 is 6.08. The average molecular weight is 336 g/mol. The van der Waals surface area contributed by atoms with Crippen LogP contribution in [0, 0.1) is 11.3 Å². The predicted octanol–water partition coefficient (Wildman–Crippen LogP) is 3.38. The molecule has 1 aliphatic carbocycles. The van der Waals surface area contributed by atoms with Crippen molar-refractivity contribution >= 4 is 23.5 Å². The van der Waals surface area contributed by atoms with Gasteiger partial charge in [-0.1, -0.05) is 36.6 Å². The lowest BCUT2D eigenvalue weighted by Crippen LogP contribution is -2.43. The molecule has 1 amide bonds. The number of rotatable bonds is 4. The fourth-order valence-electron chi connectivity index (χ4n) is 4.04. The Hall–Kier alpha value is -1.55. The van der Waals surface area contributed by atoms with E-state index < -0.39 is 11.9 Å². The van der Waals surface area contributed by atoms with Gasteiger partial charge >= 0.3 is 5.97 Å². The Balaban J connectivity index is 1.78. The first-order chi connectivity index (χ1) is 11.0. The number of hydrogen-bond donors (Lipinski definition) is 1. The molecule has 0 radical (unpaired) electrons. The number of nitrogens with zero attached hydrogens (tertiary/aromatic N) is 1. The first-order valence-corrected chi connectivity index (χ1v) is 8.65. The highest BCUT2D eigenvalue weighted by molar-refractivity contribution is 6.30. The molecule has 0 bridgehead atoms. The zero-order valence-corrected chi connectivity index (χ0v) is 13.9. The first kappa shape index (κ1) is 16.3.